The van der Waals surface area contributed by atoms with Gasteiger partial charge in [0.05, 0.1) is 21.6 Å². The third kappa shape index (κ3) is 2.99. The highest BCUT2D eigenvalue weighted by Gasteiger charge is 2.25. The lowest BCUT2D eigenvalue weighted by Crippen LogP contribution is -2.37. The average Bonchev–Trinajstić information content (AvgIpc) is 3.32. The predicted octanol–water partition coefficient (Wildman–Crippen LogP) is 5.64. The summed E-state index contributed by atoms with van der Waals surface area (Å²) in [6.07, 6.45) is 4.17. The number of anilines is 2. The third-order valence-corrected chi connectivity index (χ3v) is 7.26. The van der Waals surface area contributed by atoms with Crippen LogP contribution < -0.4 is 10.6 Å². The molecule has 1 aliphatic rings. The van der Waals surface area contributed by atoms with Gasteiger partial charge in [-0.25, -0.2) is 14.4 Å². The Hall–Kier alpha value is -2.09. The minimum atomic E-state index is -0.306. The molecular weight excluding hydrogens is 379 g/mol. The molecule has 0 saturated carbocycles. The molecule has 0 bridgehead atoms. The Morgan fingerprint density at radius 1 is 1.22 bits per heavy atom. The van der Waals surface area contributed by atoms with E-state index in [1.54, 1.807) is 29.1 Å². The monoisotopic (exact) mass is 398 g/mol. The molecule has 1 aromatic carbocycles. The Morgan fingerprint density at radius 2 is 2.15 bits per heavy atom. The van der Waals surface area contributed by atoms with E-state index < -0.39 is 0 Å². The largest absolute Gasteiger partial charge is 0.352 e. The standard InChI is InChI=1S/C20H19FN4S2/c1-11-12(3-2-7-22-11)17-9-13-14(6-8-23-20(13)27-17)25-15-4-5-16-19(18(15)21)24-10-26-16/h4-6,8-12,22H,2-3,7H2,1H3,(H,23,25)/t11-,12-/m1/s1. The van der Waals surface area contributed by atoms with Gasteiger partial charge in [-0.1, -0.05) is 0 Å². The quantitative estimate of drug-likeness (QED) is 0.469. The van der Waals surface area contributed by atoms with Crippen LogP contribution in [-0.4, -0.2) is 22.6 Å². The fourth-order valence-electron chi connectivity index (χ4n) is 3.82. The number of benzene rings is 1. The molecule has 1 saturated heterocycles. The van der Waals surface area contributed by atoms with Gasteiger partial charge >= 0.3 is 0 Å². The lowest BCUT2D eigenvalue weighted by Gasteiger charge is -2.29. The molecule has 2 atom stereocenters. The van der Waals surface area contributed by atoms with Crippen LogP contribution in [0.1, 0.15) is 30.6 Å². The van der Waals surface area contributed by atoms with Crippen LogP contribution >= 0.6 is 22.7 Å². The average molecular weight is 399 g/mol. The number of piperidine rings is 1. The summed E-state index contributed by atoms with van der Waals surface area (Å²) in [5, 5.41) is 7.88. The maximum atomic E-state index is 14.8. The van der Waals surface area contributed by atoms with Crippen molar-refractivity contribution in [1.29, 1.82) is 0 Å². The second-order valence-electron chi connectivity index (χ2n) is 6.97. The summed E-state index contributed by atoms with van der Waals surface area (Å²) in [5.41, 5.74) is 3.42. The van der Waals surface area contributed by atoms with Crippen molar-refractivity contribution < 1.29 is 4.39 Å². The van der Waals surface area contributed by atoms with E-state index in [0.717, 1.165) is 27.1 Å². The van der Waals surface area contributed by atoms with Crippen LogP contribution in [0.5, 0.6) is 0 Å². The molecule has 138 valence electrons. The van der Waals surface area contributed by atoms with Crippen LogP contribution in [0.15, 0.2) is 36.0 Å². The van der Waals surface area contributed by atoms with Crippen LogP contribution in [0.3, 0.4) is 0 Å². The van der Waals surface area contributed by atoms with Gasteiger partial charge in [0.15, 0.2) is 5.82 Å². The van der Waals surface area contributed by atoms with E-state index in [1.165, 1.54) is 29.1 Å². The molecule has 4 heterocycles. The Bertz CT molecular complexity index is 1120. The van der Waals surface area contributed by atoms with Gasteiger partial charge in [-0.05, 0) is 50.6 Å². The molecule has 0 spiro atoms. The van der Waals surface area contributed by atoms with Gasteiger partial charge in [-0.2, -0.15) is 0 Å². The minimum Gasteiger partial charge on any atom is -0.352 e. The van der Waals surface area contributed by atoms with Crippen LogP contribution in [0, 0.1) is 5.82 Å². The smallest absolute Gasteiger partial charge is 0.173 e. The lowest BCUT2D eigenvalue weighted by atomic mass is 9.90. The molecule has 4 aromatic rings. The molecule has 1 aliphatic heterocycles. The maximum Gasteiger partial charge on any atom is 0.173 e. The summed E-state index contributed by atoms with van der Waals surface area (Å²) < 4.78 is 15.7. The number of fused-ring (bicyclic) bond motifs is 2. The number of halogens is 1. The van der Waals surface area contributed by atoms with Crippen molar-refractivity contribution in [2.45, 2.75) is 31.7 Å². The lowest BCUT2D eigenvalue weighted by molar-refractivity contribution is 0.375. The molecule has 27 heavy (non-hydrogen) atoms. The summed E-state index contributed by atoms with van der Waals surface area (Å²) >= 11 is 3.19. The van der Waals surface area contributed by atoms with E-state index >= 15 is 0 Å². The number of hydrogen-bond acceptors (Lipinski definition) is 6. The van der Waals surface area contributed by atoms with Crippen LogP contribution in [-0.2, 0) is 0 Å². The fraction of sp³-hybridized carbons (Fsp3) is 0.300. The van der Waals surface area contributed by atoms with Gasteiger partial charge in [0.1, 0.15) is 10.3 Å². The Morgan fingerprint density at radius 3 is 3.04 bits per heavy atom. The molecule has 3 aromatic heterocycles. The minimum absolute atomic E-state index is 0.306. The van der Waals surface area contributed by atoms with Crippen LogP contribution in [0.25, 0.3) is 20.4 Å². The van der Waals surface area contributed by atoms with Gasteiger partial charge < -0.3 is 10.6 Å². The molecule has 4 nitrogen and oxygen atoms in total. The first-order valence-electron chi connectivity index (χ1n) is 9.11. The highest BCUT2D eigenvalue weighted by Crippen LogP contribution is 2.39. The van der Waals surface area contributed by atoms with Crippen LogP contribution in [0.4, 0.5) is 15.8 Å². The second-order valence-corrected chi connectivity index (χ2v) is 8.92. The molecule has 7 heteroatoms. The molecule has 1 fully saturated rings. The number of nitrogens with one attached hydrogen (secondary N) is 2. The molecule has 2 N–H and O–H groups in total. The summed E-state index contributed by atoms with van der Waals surface area (Å²) in [5.74, 6) is 0.202. The zero-order valence-corrected chi connectivity index (χ0v) is 16.5. The number of thiazole rings is 1. The van der Waals surface area contributed by atoms with Crippen molar-refractivity contribution >= 4 is 54.5 Å². The van der Waals surface area contributed by atoms with E-state index in [2.05, 4.69) is 33.6 Å². The zero-order valence-electron chi connectivity index (χ0n) is 14.8. The zero-order chi connectivity index (χ0) is 18.4. The number of hydrogen-bond donors (Lipinski definition) is 2. The Kier molecular flexibility index (Phi) is 4.30. The Balaban J connectivity index is 1.53. The maximum absolute atomic E-state index is 14.8. The summed E-state index contributed by atoms with van der Waals surface area (Å²) in [6, 6.07) is 8.29. The number of nitrogens with zero attached hydrogens (tertiary/aromatic N) is 2. The molecular formula is C20H19FN4S2. The van der Waals surface area contributed by atoms with Gasteiger partial charge in [0, 0.05) is 28.4 Å². The predicted molar refractivity (Wildman–Crippen MR) is 112 cm³/mol. The Labute approximate surface area is 164 Å². The first-order valence-corrected chi connectivity index (χ1v) is 10.8. The fourth-order valence-corrected chi connectivity index (χ4v) is 5.76. The molecule has 0 aliphatic carbocycles. The van der Waals surface area contributed by atoms with Crippen molar-refractivity contribution in [3.05, 3.63) is 46.7 Å². The van der Waals surface area contributed by atoms with Gasteiger partial charge in [-0.3, -0.25) is 0 Å². The first kappa shape index (κ1) is 17.0. The highest BCUT2D eigenvalue weighted by molar-refractivity contribution is 7.18. The van der Waals surface area contributed by atoms with Gasteiger partial charge in [0.25, 0.3) is 0 Å². The number of thiophene rings is 1. The van der Waals surface area contributed by atoms with Crippen molar-refractivity contribution in [3.8, 4) is 0 Å². The van der Waals surface area contributed by atoms with E-state index in [-0.39, 0.29) is 5.82 Å². The van der Waals surface area contributed by atoms with E-state index in [4.69, 9.17) is 0 Å². The summed E-state index contributed by atoms with van der Waals surface area (Å²) in [4.78, 5) is 11.0. The summed E-state index contributed by atoms with van der Waals surface area (Å²) in [7, 11) is 0. The topological polar surface area (TPSA) is 49.8 Å². The van der Waals surface area contributed by atoms with E-state index in [0.29, 0.717) is 23.2 Å². The molecule has 0 radical (unpaired) electrons. The highest BCUT2D eigenvalue weighted by atomic mass is 32.1. The number of aromatic nitrogens is 2. The normalized spacial score (nSPS) is 20.4. The van der Waals surface area contributed by atoms with Crippen molar-refractivity contribution in [2.75, 3.05) is 11.9 Å². The van der Waals surface area contributed by atoms with Gasteiger partial charge in [0.2, 0.25) is 0 Å². The van der Waals surface area contributed by atoms with Gasteiger partial charge in [-0.15, -0.1) is 22.7 Å². The number of rotatable bonds is 3. The third-order valence-electron chi connectivity index (χ3n) is 5.29. The second kappa shape index (κ2) is 6.82. The van der Waals surface area contributed by atoms with E-state index in [9.17, 15) is 4.39 Å². The van der Waals surface area contributed by atoms with E-state index in [1.807, 2.05) is 12.1 Å². The molecule has 0 unspecified atom stereocenters. The van der Waals surface area contributed by atoms with Crippen molar-refractivity contribution in [3.63, 3.8) is 0 Å². The van der Waals surface area contributed by atoms with Crippen molar-refractivity contribution in [1.82, 2.24) is 15.3 Å². The molecule has 0 amide bonds. The van der Waals surface area contributed by atoms with Crippen LogP contribution in [0.2, 0.25) is 0 Å². The SMILES string of the molecule is C[C@H]1NCCC[C@H]1c1cc2c(Nc3ccc4scnc4c3F)ccnc2s1. The first-order chi connectivity index (χ1) is 13.2. The molecule has 5 rings (SSSR count). The number of pyridine rings is 1. The van der Waals surface area contributed by atoms with Crippen molar-refractivity contribution in [2.24, 2.45) is 0 Å². The summed E-state index contributed by atoms with van der Waals surface area (Å²) in [6.45, 7) is 3.34.